The van der Waals surface area contributed by atoms with Gasteiger partial charge in [-0.05, 0) is 45.0 Å². The van der Waals surface area contributed by atoms with E-state index in [0.29, 0.717) is 12.1 Å². The molecule has 0 atom stereocenters. The molecule has 0 N–H and O–H groups in total. The largest absolute Gasteiger partial charge is 0.301 e. The third-order valence-corrected chi connectivity index (χ3v) is 2.64. The maximum Gasteiger partial charge on any atom is 0.126 e. The molecule has 1 aromatic carbocycles. The van der Waals surface area contributed by atoms with Crippen molar-refractivity contribution < 1.29 is 4.39 Å². The molecule has 0 saturated heterocycles. The van der Waals surface area contributed by atoms with Crippen LogP contribution in [0.2, 0.25) is 0 Å². The molecule has 0 amide bonds. The Balaban J connectivity index is 2.66. The van der Waals surface area contributed by atoms with E-state index in [1.165, 1.54) is 6.07 Å². The van der Waals surface area contributed by atoms with Crippen molar-refractivity contribution in [2.24, 2.45) is 5.41 Å². The average Bonchev–Trinajstić information content (AvgIpc) is 2.23. The van der Waals surface area contributed by atoms with Gasteiger partial charge in [-0.25, -0.2) is 4.39 Å². The van der Waals surface area contributed by atoms with E-state index in [4.69, 9.17) is 5.26 Å². The molecule has 0 heterocycles. The van der Waals surface area contributed by atoms with Crippen LogP contribution in [0.25, 0.3) is 0 Å². The molecule has 17 heavy (non-hydrogen) atoms. The highest BCUT2D eigenvalue weighted by molar-refractivity contribution is 5.23. The van der Waals surface area contributed by atoms with Crippen molar-refractivity contribution in [3.8, 4) is 6.07 Å². The molecular formula is C14H19FN2. The van der Waals surface area contributed by atoms with Gasteiger partial charge < -0.3 is 4.90 Å². The van der Waals surface area contributed by atoms with Crippen molar-refractivity contribution in [3.05, 3.63) is 35.1 Å². The molecule has 0 bridgehead atoms. The second kappa shape index (κ2) is 5.29. The van der Waals surface area contributed by atoms with E-state index in [1.807, 2.05) is 27.0 Å². The van der Waals surface area contributed by atoms with E-state index < -0.39 is 0 Å². The Bertz CT molecular complexity index is 432. The predicted octanol–water partition coefficient (Wildman–Crippen LogP) is 3.12. The first-order valence-electron chi connectivity index (χ1n) is 5.69. The minimum atomic E-state index is -0.357. The van der Waals surface area contributed by atoms with Gasteiger partial charge in [0, 0.05) is 13.1 Å². The summed E-state index contributed by atoms with van der Waals surface area (Å²) >= 11 is 0. The summed E-state index contributed by atoms with van der Waals surface area (Å²) in [5.41, 5.74) is 1.37. The van der Waals surface area contributed by atoms with Gasteiger partial charge in [0.2, 0.25) is 0 Å². The van der Waals surface area contributed by atoms with Crippen molar-refractivity contribution in [3.63, 3.8) is 0 Å². The zero-order valence-electron chi connectivity index (χ0n) is 10.9. The van der Waals surface area contributed by atoms with Crippen molar-refractivity contribution in [1.82, 2.24) is 4.90 Å². The Morgan fingerprint density at radius 1 is 1.41 bits per heavy atom. The van der Waals surface area contributed by atoms with Crippen LogP contribution in [-0.4, -0.2) is 18.5 Å². The topological polar surface area (TPSA) is 27.0 Å². The third kappa shape index (κ3) is 4.16. The van der Waals surface area contributed by atoms with Gasteiger partial charge in [-0.1, -0.05) is 12.1 Å². The Hall–Kier alpha value is -1.40. The highest BCUT2D eigenvalue weighted by atomic mass is 19.1. The number of rotatable bonds is 4. The molecule has 0 radical (unpaired) electrons. The van der Waals surface area contributed by atoms with Gasteiger partial charge in [0.05, 0.1) is 11.5 Å². The molecule has 0 aliphatic heterocycles. The summed E-state index contributed by atoms with van der Waals surface area (Å²) in [4.78, 5) is 2.08. The average molecular weight is 234 g/mol. The molecule has 1 rings (SSSR count). The number of nitriles is 1. The molecule has 0 aromatic heterocycles. The minimum Gasteiger partial charge on any atom is -0.301 e. The standard InChI is InChI=1S/C14H19FN2/c1-11-7-12(5-6-13(11)15)8-17(4)10-14(2,3)9-16/h5-7H,8,10H2,1-4H3. The summed E-state index contributed by atoms with van der Waals surface area (Å²) < 4.78 is 13.1. The molecule has 0 saturated carbocycles. The van der Waals surface area contributed by atoms with Gasteiger partial charge in [-0.15, -0.1) is 0 Å². The van der Waals surface area contributed by atoms with Crippen LogP contribution in [0.1, 0.15) is 25.0 Å². The predicted molar refractivity (Wildman–Crippen MR) is 66.9 cm³/mol. The molecule has 2 nitrogen and oxygen atoms in total. The molecule has 0 aliphatic carbocycles. The normalized spacial score (nSPS) is 11.6. The second-order valence-electron chi connectivity index (χ2n) is 5.25. The van der Waals surface area contributed by atoms with Crippen LogP contribution < -0.4 is 0 Å². The van der Waals surface area contributed by atoms with Crippen molar-refractivity contribution in [2.45, 2.75) is 27.3 Å². The summed E-state index contributed by atoms with van der Waals surface area (Å²) in [6.07, 6.45) is 0. The lowest BCUT2D eigenvalue weighted by molar-refractivity contribution is 0.248. The molecule has 1 aromatic rings. The first-order valence-corrected chi connectivity index (χ1v) is 5.69. The molecule has 0 fully saturated rings. The zero-order chi connectivity index (χ0) is 13.1. The van der Waals surface area contributed by atoms with Gasteiger partial charge in [0.1, 0.15) is 5.82 Å². The van der Waals surface area contributed by atoms with Crippen LogP contribution in [0.3, 0.4) is 0 Å². The smallest absolute Gasteiger partial charge is 0.126 e. The fourth-order valence-electron chi connectivity index (χ4n) is 1.88. The fraction of sp³-hybridized carbons (Fsp3) is 0.500. The number of hydrogen-bond donors (Lipinski definition) is 0. The molecule has 0 unspecified atom stereocenters. The Morgan fingerprint density at radius 3 is 2.59 bits per heavy atom. The van der Waals surface area contributed by atoms with Crippen LogP contribution in [0.4, 0.5) is 4.39 Å². The maximum absolute atomic E-state index is 13.1. The lowest BCUT2D eigenvalue weighted by atomic mass is 9.95. The first-order chi connectivity index (χ1) is 7.84. The van der Waals surface area contributed by atoms with Gasteiger partial charge in [-0.3, -0.25) is 0 Å². The SMILES string of the molecule is Cc1cc(CN(C)CC(C)(C)C#N)ccc1F. The molecular weight excluding hydrogens is 215 g/mol. The third-order valence-electron chi connectivity index (χ3n) is 2.64. The lowest BCUT2D eigenvalue weighted by Crippen LogP contribution is -2.29. The van der Waals surface area contributed by atoms with E-state index in [2.05, 4.69) is 11.0 Å². The molecule has 92 valence electrons. The van der Waals surface area contributed by atoms with E-state index >= 15 is 0 Å². The summed E-state index contributed by atoms with van der Waals surface area (Å²) in [5, 5.41) is 8.96. The molecule has 0 spiro atoms. The zero-order valence-corrected chi connectivity index (χ0v) is 10.9. The Morgan fingerprint density at radius 2 is 2.06 bits per heavy atom. The summed E-state index contributed by atoms with van der Waals surface area (Å²) in [6, 6.07) is 7.41. The maximum atomic E-state index is 13.1. The van der Waals surface area contributed by atoms with E-state index in [0.717, 1.165) is 12.1 Å². The van der Waals surface area contributed by atoms with Crippen LogP contribution in [0, 0.1) is 29.5 Å². The summed E-state index contributed by atoms with van der Waals surface area (Å²) in [5.74, 6) is -0.172. The van der Waals surface area contributed by atoms with Gasteiger partial charge in [0.25, 0.3) is 0 Å². The van der Waals surface area contributed by atoms with E-state index in [9.17, 15) is 4.39 Å². The number of hydrogen-bond acceptors (Lipinski definition) is 2. The Kier molecular flexibility index (Phi) is 4.25. The monoisotopic (exact) mass is 234 g/mol. The van der Waals surface area contributed by atoms with Gasteiger partial charge >= 0.3 is 0 Å². The van der Waals surface area contributed by atoms with Crippen molar-refractivity contribution in [1.29, 1.82) is 5.26 Å². The number of benzene rings is 1. The highest BCUT2D eigenvalue weighted by Gasteiger charge is 2.19. The van der Waals surface area contributed by atoms with Crippen LogP contribution in [0.5, 0.6) is 0 Å². The van der Waals surface area contributed by atoms with Gasteiger partial charge in [-0.2, -0.15) is 5.26 Å². The number of nitrogens with zero attached hydrogens (tertiary/aromatic N) is 2. The first kappa shape index (κ1) is 13.7. The fourth-order valence-corrected chi connectivity index (χ4v) is 1.88. The summed E-state index contributed by atoms with van der Waals surface area (Å²) in [6.45, 7) is 7.02. The molecule has 3 heteroatoms. The quantitative estimate of drug-likeness (QED) is 0.800. The Labute approximate surface area is 103 Å². The van der Waals surface area contributed by atoms with E-state index in [1.54, 1.807) is 13.0 Å². The van der Waals surface area contributed by atoms with Crippen molar-refractivity contribution >= 4 is 0 Å². The lowest BCUT2D eigenvalue weighted by Gasteiger charge is -2.24. The van der Waals surface area contributed by atoms with E-state index in [-0.39, 0.29) is 11.2 Å². The van der Waals surface area contributed by atoms with Crippen LogP contribution >= 0.6 is 0 Å². The van der Waals surface area contributed by atoms with Crippen molar-refractivity contribution in [2.75, 3.05) is 13.6 Å². The van der Waals surface area contributed by atoms with Crippen LogP contribution in [-0.2, 0) is 6.54 Å². The number of aryl methyl sites for hydroxylation is 1. The van der Waals surface area contributed by atoms with Gasteiger partial charge in [0.15, 0.2) is 0 Å². The number of halogens is 1. The minimum absolute atomic E-state index is 0.172. The van der Waals surface area contributed by atoms with Crippen LogP contribution in [0.15, 0.2) is 18.2 Å². The molecule has 0 aliphatic rings. The summed E-state index contributed by atoms with van der Waals surface area (Å²) in [7, 11) is 1.97. The highest BCUT2D eigenvalue weighted by Crippen LogP contribution is 2.17. The second-order valence-corrected chi connectivity index (χ2v) is 5.25.